The molecule has 4 aromatic carbocycles. The normalized spacial score (nSPS) is 12.8. The number of alkyl halides is 1. The van der Waals surface area contributed by atoms with Gasteiger partial charge in [0.2, 0.25) is 0 Å². The first-order valence-electron chi connectivity index (χ1n) is 9.78. The van der Waals surface area contributed by atoms with Crippen LogP contribution in [-0.4, -0.2) is 11.1 Å². The first-order chi connectivity index (χ1) is 14.7. The van der Waals surface area contributed by atoms with Crippen LogP contribution < -0.4 is 15.9 Å². The van der Waals surface area contributed by atoms with Crippen LogP contribution in [0.2, 0.25) is 0 Å². The topological polar surface area (TPSA) is 37.3 Å². The summed E-state index contributed by atoms with van der Waals surface area (Å²) in [5, 5.41) is 13.6. The fourth-order valence-corrected chi connectivity index (χ4v) is 11.7. The number of carboxylic acid groups (broad SMARTS) is 1. The standard InChI is InChI=1S/C26H22BrO2P/c27-25(23-18-10-11-19-24(23)26(28)29)30(20-12-4-1-5-13-20,21-14-6-2-7-15-21)22-16-8-3-9-17-22/h1-19,25,30H,(H,28,29). The molecule has 0 aromatic heterocycles. The van der Waals surface area contributed by atoms with Crippen molar-refractivity contribution in [2.24, 2.45) is 0 Å². The van der Waals surface area contributed by atoms with Gasteiger partial charge >= 0.3 is 186 Å². The number of benzene rings is 4. The average molecular weight is 477 g/mol. The van der Waals surface area contributed by atoms with Gasteiger partial charge in [0.15, 0.2) is 0 Å². The zero-order chi connectivity index (χ0) is 21.0. The number of hydrogen-bond acceptors (Lipinski definition) is 1. The molecule has 0 aliphatic carbocycles. The number of carboxylic acids is 1. The molecule has 1 unspecified atom stereocenters. The van der Waals surface area contributed by atoms with E-state index in [1.165, 1.54) is 15.9 Å². The second-order valence-electron chi connectivity index (χ2n) is 7.16. The third-order valence-electron chi connectivity index (χ3n) is 5.53. The Bertz CT molecular complexity index is 1030. The van der Waals surface area contributed by atoms with E-state index < -0.39 is 13.2 Å². The summed E-state index contributed by atoms with van der Waals surface area (Å²) in [6.45, 7) is 0. The van der Waals surface area contributed by atoms with Crippen LogP contribution in [0.1, 0.15) is 20.5 Å². The molecule has 4 heteroatoms. The fraction of sp³-hybridized carbons (Fsp3) is 0.0385. The molecule has 0 aliphatic heterocycles. The third kappa shape index (κ3) is 3.60. The predicted molar refractivity (Wildman–Crippen MR) is 132 cm³/mol. The molecule has 4 aromatic rings. The molecular weight excluding hydrogens is 455 g/mol. The molecule has 0 fully saturated rings. The van der Waals surface area contributed by atoms with Gasteiger partial charge in [-0.15, -0.1) is 0 Å². The third-order valence-corrected chi connectivity index (χ3v) is 12.9. The first-order valence-corrected chi connectivity index (χ1v) is 12.8. The van der Waals surface area contributed by atoms with Crippen LogP contribution in [0.4, 0.5) is 0 Å². The van der Waals surface area contributed by atoms with E-state index in [1.807, 2.05) is 30.3 Å². The molecule has 150 valence electrons. The molecule has 0 aliphatic rings. The van der Waals surface area contributed by atoms with Crippen molar-refractivity contribution in [3.8, 4) is 0 Å². The predicted octanol–water partition coefficient (Wildman–Crippen LogP) is 5.50. The molecule has 0 bridgehead atoms. The Morgan fingerprint density at radius 1 is 0.633 bits per heavy atom. The number of rotatable bonds is 6. The fourth-order valence-electron chi connectivity index (χ4n) is 4.19. The number of carbonyl (C=O) groups is 1. The number of aromatic carboxylic acids is 1. The van der Waals surface area contributed by atoms with E-state index in [0.29, 0.717) is 5.56 Å². The molecule has 0 amide bonds. The molecule has 0 spiro atoms. The van der Waals surface area contributed by atoms with Crippen LogP contribution in [0.15, 0.2) is 115 Å². The summed E-state index contributed by atoms with van der Waals surface area (Å²) in [7, 11) is -2.69. The molecule has 0 heterocycles. The Morgan fingerprint density at radius 3 is 1.40 bits per heavy atom. The minimum atomic E-state index is -2.69. The Hall–Kier alpha value is -2.74. The maximum absolute atomic E-state index is 12.1. The van der Waals surface area contributed by atoms with Crippen molar-refractivity contribution in [3.63, 3.8) is 0 Å². The molecule has 30 heavy (non-hydrogen) atoms. The van der Waals surface area contributed by atoms with Crippen molar-refractivity contribution in [1.29, 1.82) is 0 Å². The van der Waals surface area contributed by atoms with Crippen LogP contribution in [-0.2, 0) is 0 Å². The van der Waals surface area contributed by atoms with Gasteiger partial charge in [-0.1, -0.05) is 0 Å². The van der Waals surface area contributed by atoms with Gasteiger partial charge in [-0.2, -0.15) is 0 Å². The Morgan fingerprint density at radius 2 is 1.00 bits per heavy atom. The summed E-state index contributed by atoms with van der Waals surface area (Å²) in [5.41, 5.74) is 1.13. The SMILES string of the molecule is O=C(O)c1ccccc1C(Br)[PH](c1ccccc1)(c1ccccc1)c1ccccc1. The molecule has 0 saturated carbocycles. The summed E-state index contributed by atoms with van der Waals surface area (Å²) >= 11 is 4.04. The van der Waals surface area contributed by atoms with Gasteiger partial charge in [-0.05, 0) is 0 Å². The number of hydrogen-bond donors (Lipinski definition) is 1. The van der Waals surface area contributed by atoms with Gasteiger partial charge < -0.3 is 0 Å². The molecule has 0 radical (unpaired) electrons. The van der Waals surface area contributed by atoms with Gasteiger partial charge in [0.25, 0.3) is 0 Å². The van der Waals surface area contributed by atoms with E-state index in [1.54, 1.807) is 12.1 Å². The molecular formula is C26H22BrO2P. The molecule has 1 atom stereocenters. The van der Waals surface area contributed by atoms with E-state index in [9.17, 15) is 9.90 Å². The molecule has 2 nitrogen and oxygen atoms in total. The zero-order valence-corrected chi connectivity index (χ0v) is 18.9. The van der Waals surface area contributed by atoms with Gasteiger partial charge in [0.1, 0.15) is 0 Å². The van der Waals surface area contributed by atoms with Crippen molar-refractivity contribution in [2.75, 3.05) is 0 Å². The van der Waals surface area contributed by atoms with Crippen molar-refractivity contribution >= 4 is 45.1 Å². The average Bonchev–Trinajstić information content (AvgIpc) is 2.81. The van der Waals surface area contributed by atoms with Gasteiger partial charge in [0, 0.05) is 0 Å². The second-order valence-corrected chi connectivity index (χ2v) is 12.8. The van der Waals surface area contributed by atoms with Crippen molar-refractivity contribution < 1.29 is 9.90 Å². The van der Waals surface area contributed by atoms with Crippen LogP contribution in [0, 0.1) is 0 Å². The quantitative estimate of drug-likeness (QED) is 0.294. The van der Waals surface area contributed by atoms with E-state index in [-0.39, 0.29) is 4.57 Å². The van der Waals surface area contributed by atoms with E-state index in [2.05, 4.69) is 88.7 Å². The summed E-state index contributed by atoms with van der Waals surface area (Å²) in [6.07, 6.45) is 0. The van der Waals surface area contributed by atoms with E-state index >= 15 is 0 Å². The van der Waals surface area contributed by atoms with Gasteiger partial charge in [-0.3, -0.25) is 0 Å². The maximum atomic E-state index is 12.1. The zero-order valence-electron chi connectivity index (χ0n) is 16.3. The van der Waals surface area contributed by atoms with Crippen molar-refractivity contribution in [2.45, 2.75) is 4.57 Å². The molecule has 0 saturated heterocycles. The number of halogens is 1. The molecule has 4 rings (SSSR count). The first kappa shape index (κ1) is 20.5. The summed E-state index contributed by atoms with van der Waals surface area (Å²) < 4.78 is -0.176. The summed E-state index contributed by atoms with van der Waals surface area (Å²) in [5.74, 6) is -0.910. The van der Waals surface area contributed by atoms with E-state index in [4.69, 9.17) is 0 Å². The Labute approximate surface area is 185 Å². The van der Waals surface area contributed by atoms with Crippen LogP contribution in [0.5, 0.6) is 0 Å². The summed E-state index contributed by atoms with van der Waals surface area (Å²) in [6, 6.07) is 38.8. The van der Waals surface area contributed by atoms with Crippen LogP contribution >= 0.6 is 23.2 Å². The minimum absolute atomic E-state index is 0.176. The monoisotopic (exact) mass is 476 g/mol. The van der Waals surface area contributed by atoms with Crippen LogP contribution in [0.3, 0.4) is 0 Å². The molecule has 1 N–H and O–H groups in total. The van der Waals surface area contributed by atoms with Crippen molar-refractivity contribution in [3.05, 3.63) is 126 Å². The van der Waals surface area contributed by atoms with Crippen molar-refractivity contribution in [1.82, 2.24) is 0 Å². The van der Waals surface area contributed by atoms with Gasteiger partial charge in [0.05, 0.1) is 0 Å². The van der Waals surface area contributed by atoms with E-state index in [0.717, 1.165) is 5.56 Å². The Kier molecular flexibility index (Phi) is 6.13. The second kappa shape index (κ2) is 8.95. The summed E-state index contributed by atoms with van der Waals surface area (Å²) in [4.78, 5) is 12.1. The van der Waals surface area contributed by atoms with Gasteiger partial charge in [-0.25, -0.2) is 0 Å². The Balaban J connectivity index is 2.10. The van der Waals surface area contributed by atoms with Crippen LogP contribution in [0.25, 0.3) is 0 Å².